The first-order valence-electron chi connectivity index (χ1n) is 13.8. The van der Waals surface area contributed by atoms with Crippen molar-refractivity contribution < 1.29 is 14.4 Å². The Labute approximate surface area is 237 Å². The van der Waals surface area contributed by atoms with E-state index in [1.165, 1.54) is 27.1 Å². The highest BCUT2D eigenvalue weighted by Gasteiger charge is 2.29. The molecule has 1 amide bonds. The average molecular weight is 545 g/mol. The standard InChI is InChI=1S/C32H28N6O3/c1-21-8-10-25-23(19-21)9-11-26-29(41-38-28-7-3-2-6-27(28)35-36-38)12-16-34-31(26)30(25)22-13-17-37(18-14-22)32(39)40-24-5-4-15-33-20-24/h2-8,10,12,15-16,19-20H,9,11,13-14,17-18H2,1H3. The van der Waals surface area contributed by atoms with Crippen LogP contribution in [-0.2, 0) is 12.8 Å². The Hall–Kier alpha value is -5.05. The average Bonchev–Trinajstić information content (AvgIpc) is 3.33. The van der Waals surface area contributed by atoms with Crippen molar-refractivity contribution in [2.24, 2.45) is 0 Å². The number of benzene rings is 2. The van der Waals surface area contributed by atoms with Crippen LogP contribution in [0.15, 0.2) is 84.8 Å². The number of fused-ring (bicyclic) bond motifs is 3. The summed E-state index contributed by atoms with van der Waals surface area (Å²) in [6, 6.07) is 19.8. The van der Waals surface area contributed by atoms with E-state index in [9.17, 15) is 4.79 Å². The van der Waals surface area contributed by atoms with Gasteiger partial charge in [0.15, 0.2) is 11.5 Å². The Kier molecular flexibility index (Phi) is 6.39. The van der Waals surface area contributed by atoms with Gasteiger partial charge in [-0.05, 0) is 73.2 Å². The van der Waals surface area contributed by atoms with Gasteiger partial charge < -0.3 is 14.5 Å². The second-order valence-corrected chi connectivity index (χ2v) is 10.4. The minimum atomic E-state index is -0.354. The van der Waals surface area contributed by atoms with Gasteiger partial charge in [-0.2, -0.15) is 0 Å². The summed E-state index contributed by atoms with van der Waals surface area (Å²) >= 11 is 0. The van der Waals surface area contributed by atoms with Gasteiger partial charge in [-0.25, -0.2) is 4.79 Å². The van der Waals surface area contributed by atoms with Gasteiger partial charge in [-0.15, -0.1) is 5.10 Å². The molecule has 2 aromatic carbocycles. The summed E-state index contributed by atoms with van der Waals surface area (Å²) in [5.41, 5.74) is 9.68. The highest BCUT2D eigenvalue weighted by molar-refractivity contribution is 5.85. The van der Waals surface area contributed by atoms with Crippen molar-refractivity contribution in [1.29, 1.82) is 0 Å². The summed E-state index contributed by atoms with van der Waals surface area (Å²) in [4.78, 5) is 31.4. The number of aryl methyl sites for hydroxylation is 2. The van der Waals surface area contributed by atoms with Crippen molar-refractivity contribution in [3.05, 3.63) is 113 Å². The molecule has 3 aromatic heterocycles. The van der Waals surface area contributed by atoms with Crippen LogP contribution in [0.3, 0.4) is 0 Å². The summed E-state index contributed by atoms with van der Waals surface area (Å²) in [6.45, 7) is 3.26. The third kappa shape index (κ3) is 4.80. The molecule has 204 valence electrons. The maximum absolute atomic E-state index is 12.8. The van der Waals surface area contributed by atoms with Crippen LogP contribution in [0.25, 0.3) is 16.6 Å². The van der Waals surface area contributed by atoms with E-state index in [1.807, 2.05) is 30.3 Å². The van der Waals surface area contributed by atoms with Crippen LogP contribution in [0.2, 0.25) is 0 Å². The first-order chi connectivity index (χ1) is 20.1. The molecule has 1 saturated heterocycles. The monoisotopic (exact) mass is 544 g/mol. The Balaban J connectivity index is 1.24. The van der Waals surface area contributed by atoms with E-state index in [2.05, 4.69) is 40.4 Å². The van der Waals surface area contributed by atoms with E-state index >= 15 is 0 Å². The second kappa shape index (κ2) is 10.5. The van der Waals surface area contributed by atoms with E-state index in [0.717, 1.165) is 53.5 Å². The number of ether oxygens (including phenoxy) is 1. The molecule has 0 spiro atoms. The zero-order chi connectivity index (χ0) is 27.8. The number of pyridine rings is 2. The van der Waals surface area contributed by atoms with Gasteiger partial charge in [0.1, 0.15) is 11.0 Å². The quantitative estimate of drug-likeness (QED) is 0.293. The number of carbonyl (C=O) groups is 1. The molecule has 4 heterocycles. The topological polar surface area (TPSA) is 95.3 Å². The minimum Gasteiger partial charge on any atom is -0.409 e. The maximum atomic E-state index is 12.8. The van der Waals surface area contributed by atoms with Crippen molar-refractivity contribution in [2.45, 2.75) is 32.6 Å². The molecule has 0 radical (unpaired) electrons. The van der Waals surface area contributed by atoms with E-state index in [-0.39, 0.29) is 6.09 Å². The van der Waals surface area contributed by atoms with Gasteiger partial charge in [0.05, 0.1) is 11.9 Å². The van der Waals surface area contributed by atoms with E-state index in [4.69, 9.17) is 14.6 Å². The van der Waals surface area contributed by atoms with E-state index < -0.39 is 0 Å². The molecule has 1 aliphatic heterocycles. The number of likely N-dealkylation sites (tertiary alicyclic amines) is 1. The summed E-state index contributed by atoms with van der Waals surface area (Å²) in [5, 5.41) is 8.48. The number of piperidine rings is 1. The second-order valence-electron chi connectivity index (χ2n) is 10.4. The number of para-hydroxylation sites is 1. The Morgan fingerprint density at radius 3 is 2.66 bits per heavy atom. The molecule has 0 saturated carbocycles. The lowest BCUT2D eigenvalue weighted by Gasteiger charge is -2.29. The van der Waals surface area contributed by atoms with Crippen LogP contribution in [0.5, 0.6) is 11.5 Å². The molecule has 0 N–H and O–H groups in total. The summed E-state index contributed by atoms with van der Waals surface area (Å²) in [7, 11) is 0. The predicted octanol–water partition coefficient (Wildman–Crippen LogP) is 5.57. The number of hydrogen-bond acceptors (Lipinski definition) is 7. The van der Waals surface area contributed by atoms with Crippen LogP contribution in [-0.4, -0.2) is 49.2 Å². The SMILES string of the molecule is Cc1ccc2c(c1)CCc1c(On3nnc4ccccc43)ccnc1C2=C1CCN(C(=O)Oc2cccnc2)CC1. The van der Waals surface area contributed by atoms with Crippen molar-refractivity contribution in [1.82, 2.24) is 30.0 Å². The Morgan fingerprint density at radius 1 is 0.927 bits per heavy atom. The number of nitrogens with zero attached hydrogens (tertiary/aromatic N) is 6. The highest BCUT2D eigenvalue weighted by Crippen LogP contribution is 2.40. The maximum Gasteiger partial charge on any atom is 0.415 e. The van der Waals surface area contributed by atoms with Crippen molar-refractivity contribution in [2.75, 3.05) is 13.1 Å². The summed E-state index contributed by atoms with van der Waals surface area (Å²) in [5.74, 6) is 1.16. The van der Waals surface area contributed by atoms with Crippen molar-refractivity contribution >= 4 is 22.7 Å². The van der Waals surface area contributed by atoms with Gasteiger partial charge in [0, 0.05) is 42.7 Å². The molecule has 9 nitrogen and oxygen atoms in total. The van der Waals surface area contributed by atoms with E-state index in [1.54, 1.807) is 35.6 Å². The fourth-order valence-corrected chi connectivity index (χ4v) is 5.73. The molecular weight excluding hydrogens is 516 g/mol. The smallest absolute Gasteiger partial charge is 0.409 e. The number of carbonyl (C=O) groups excluding carboxylic acids is 1. The molecule has 5 aromatic rings. The molecular formula is C32H28N6O3. The molecule has 41 heavy (non-hydrogen) atoms. The molecule has 1 aliphatic carbocycles. The van der Waals surface area contributed by atoms with Crippen LogP contribution in [0.4, 0.5) is 4.79 Å². The molecule has 0 unspecified atom stereocenters. The third-order valence-corrected chi connectivity index (χ3v) is 7.75. The van der Waals surface area contributed by atoms with Crippen LogP contribution >= 0.6 is 0 Å². The van der Waals surface area contributed by atoms with Gasteiger partial charge in [0.25, 0.3) is 0 Å². The number of hydrogen-bond donors (Lipinski definition) is 0. The first kappa shape index (κ1) is 25.0. The zero-order valence-corrected chi connectivity index (χ0v) is 22.7. The van der Waals surface area contributed by atoms with Gasteiger partial charge in [0.2, 0.25) is 0 Å². The minimum absolute atomic E-state index is 0.354. The zero-order valence-electron chi connectivity index (χ0n) is 22.7. The van der Waals surface area contributed by atoms with Gasteiger partial charge in [-0.1, -0.05) is 46.3 Å². The lowest BCUT2D eigenvalue weighted by molar-refractivity contribution is 0.148. The van der Waals surface area contributed by atoms with Crippen LogP contribution in [0.1, 0.15) is 40.8 Å². The highest BCUT2D eigenvalue weighted by atomic mass is 16.7. The van der Waals surface area contributed by atoms with Gasteiger partial charge in [-0.3, -0.25) is 9.97 Å². The largest absolute Gasteiger partial charge is 0.415 e. The molecule has 7 rings (SSSR count). The lowest BCUT2D eigenvalue weighted by atomic mass is 9.88. The molecule has 1 fully saturated rings. The molecule has 9 heteroatoms. The van der Waals surface area contributed by atoms with Crippen LogP contribution < -0.4 is 9.57 Å². The van der Waals surface area contributed by atoms with Gasteiger partial charge >= 0.3 is 6.09 Å². The predicted molar refractivity (Wildman–Crippen MR) is 153 cm³/mol. The lowest BCUT2D eigenvalue weighted by Crippen LogP contribution is -2.38. The number of amides is 1. The first-order valence-corrected chi connectivity index (χ1v) is 13.8. The summed E-state index contributed by atoms with van der Waals surface area (Å²) in [6.07, 6.45) is 7.74. The van der Waals surface area contributed by atoms with E-state index in [0.29, 0.717) is 24.6 Å². The number of aromatic nitrogens is 5. The fourth-order valence-electron chi connectivity index (χ4n) is 5.73. The van der Waals surface area contributed by atoms with Crippen molar-refractivity contribution in [3.63, 3.8) is 0 Å². The molecule has 0 atom stereocenters. The Morgan fingerprint density at radius 2 is 1.80 bits per heavy atom. The fraction of sp³-hybridized carbons (Fsp3) is 0.219. The van der Waals surface area contributed by atoms with Crippen molar-refractivity contribution in [3.8, 4) is 11.5 Å². The van der Waals surface area contributed by atoms with Crippen LogP contribution in [0, 0.1) is 6.92 Å². The molecule has 2 aliphatic rings. The molecule has 0 bridgehead atoms. The third-order valence-electron chi connectivity index (χ3n) is 7.75. The normalized spacial score (nSPS) is 14.8. The summed E-state index contributed by atoms with van der Waals surface area (Å²) < 4.78 is 5.54. The Bertz CT molecular complexity index is 1790. The number of rotatable bonds is 3.